The summed E-state index contributed by atoms with van der Waals surface area (Å²) in [5.41, 5.74) is 0.0612. The predicted molar refractivity (Wildman–Crippen MR) is 108 cm³/mol. The largest absolute Gasteiger partial charge is 0.494 e. The van der Waals surface area contributed by atoms with Crippen LogP contribution < -0.4 is 15.4 Å². The third-order valence-corrected chi connectivity index (χ3v) is 4.02. The van der Waals surface area contributed by atoms with Gasteiger partial charge in [-0.3, -0.25) is 0 Å². The number of furan rings is 1. The maximum absolute atomic E-state index is 10.5. The van der Waals surface area contributed by atoms with Gasteiger partial charge in [0.05, 0.1) is 19.4 Å². The molecule has 2 rings (SSSR count). The molecule has 0 bridgehead atoms. The number of nitrogens with zero attached hydrogens (tertiary/aromatic N) is 1. The molecule has 0 saturated heterocycles. The molecule has 2 aromatic rings. The highest BCUT2D eigenvalue weighted by atomic mass is 16.5. The van der Waals surface area contributed by atoms with Gasteiger partial charge in [-0.2, -0.15) is 0 Å². The van der Waals surface area contributed by atoms with Crippen LogP contribution in [0.15, 0.2) is 52.1 Å². The van der Waals surface area contributed by atoms with E-state index < -0.39 is 5.60 Å². The molecule has 0 aliphatic rings. The summed E-state index contributed by atoms with van der Waals surface area (Å²) in [5.74, 6) is 2.08. The van der Waals surface area contributed by atoms with E-state index in [1.54, 1.807) is 25.3 Å². The van der Waals surface area contributed by atoms with E-state index in [0.717, 1.165) is 38.3 Å². The van der Waals surface area contributed by atoms with Crippen molar-refractivity contribution in [2.24, 2.45) is 4.99 Å². The highest BCUT2D eigenvalue weighted by molar-refractivity contribution is 5.79. The summed E-state index contributed by atoms with van der Waals surface area (Å²) >= 11 is 0. The fraction of sp³-hybridized carbons (Fsp3) is 0.476. The van der Waals surface area contributed by atoms with Crippen molar-refractivity contribution < 1.29 is 14.3 Å². The number of benzene rings is 1. The molecule has 148 valence electrons. The minimum Gasteiger partial charge on any atom is -0.494 e. The summed E-state index contributed by atoms with van der Waals surface area (Å²) in [5, 5.41) is 17.0. The molecule has 0 radical (unpaired) electrons. The Labute approximate surface area is 161 Å². The molecule has 6 nitrogen and oxygen atoms in total. The van der Waals surface area contributed by atoms with Crippen molar-refractivity contribution in [1.29, 1.82) is 0 Å². The molecular formula is C21H31N3O3. The van der Waals surface area contributed by atoms with Crippen LogP contribution in [0.5, 0.6) is 5.75 Å². The molecule has 0 fully saturated rings. The minimum atomic E-state index is -1.14. The molecule has 0 amide bonds. The molecule has 6 heteroatoms. The average Bonchev–Trinajstić information content (AvgIpc) is 3.21. The van der Waals surface area contributed by atoms with Gasteiger partial charge < -0.3 is 24.9 Å². The van der Waals surface area contributed by atoms with Crippen molar-refractivity contribution in [3.05, 3.63) is 54.0 Å². The second-order valence-corrected chi connectivity index (χ2v) is 6.62. The monoisotopic (exact) mass is 373 g/mol. The van der Waals surface area contributed by atoms with E-state index >= 15 is 0 Å². The highest BCUT2D eigenvalue weighted by Crippen LogP contribution is 2.21. The Kier molecular flexibility index (Phi) is 8.20. The van der Waals surface area contributed by atoms with E-state index in [-0.39, 0.29) is 6.54 Å². The molecule has 1 unspecified atom stereocenters. The van der Waals surface area contributed by atoms with Crippen molar-refractivity contribution in [2.75, 3.05) is 26.2 Å². The van der Waals surface area contributed by atoms with Crippen molar-refractivity contribution in [2.45, 2.75) is 39.2 Å². The molecule has 1 heterocycles. The Hall–Kier alpha value is -2.47. The van der Waals surface area contributed by atoms with Crippen LogP contribution >= 0.6 is 0 Å². The zero-order valence-corrected chi connectivity index (χ0v) is 16.5. The first-order chi connectivity index (χ1) is 13.0. The number of aliphatic hydroxyl groups is 1. The number of rotatable bonds is 10. The Bertz CT molecular complexity index is 696. The molecule has 0 aliphatic carbocycles. The number of aliphatic imine (C=N–C) groups is 1. The second kappa shape index (κ2) is 10.6. The standard InChI is InChI=1S/C21H31N3O3/c1-4-13-26-18-9-6-8-17(15-18)11-12-23-20(22-5-2)24-16-21(3,25)19-10-7-14-27-19/h6-10,14-15,25H,4-5,11-13,16H2,1-3H3,(H2,22,23,24). The normalized spacial score (nSPS) is 13.9. The van der Waals surface area contributed by atoms with Gasteiger partial charge in [-0.15, -0.1) is 0 Å². The zero-order chi connectivity index (χ0) is 19.5. The third-order valence-electron chi connectivity index (χ3n) is 4.02. The van der Waals surface area contributed by atoms with Crippen LogP contribution in [0, 0.1) is 0 Å². The lowest BCUT2D eigenvalue weighted by Gasteiger charge is -2.19. The SMILES string of the molecule is CCCOc1cccc(CCNC(=NCC(C)(O)c2ccco2)NCC)c1. The molecule has 1 atom stereocenters. The van der Waals surface area contributed by atoms with Crippen LogP contribution in [-0.4, -0.2) is 37.3 Å². The molecule has 3 N–H and O–H groups in total. The lowest BCUT2D eigenvalue weighted by atomic mass is 10.0. The molecule has 1 aromatic heterocycles. The van der Waals surface area contributed by atoms with E-state index in [9.17, 15) is 5.11 Å². The first kappa shape index (κ1) is 20.8. The Morgan fingerprint density at radius 1 is 1.22 bits per heavy atom. The van der Waals surface area contributed by atoms with Crippen molar-refractivity contribution in [3.8, 4) is 5.75 Å². The maximum atomic E-state index is 10.5. The Morgan fingerprint density at radius 3 is 2.78 bits per heavy atom. The van der Waals surface area contributed by atoms with E-state index in [0.29, 0.717) is 11.7 Å². The Morgan fingerprint density at radius 2 is 2.07 bits per heavy atom. The number of ether oxygens (including phenoxy) is 1. The molecule has 0 aliphatic heterocycles. The summed E-state index contributed by atoms with van der Waals surface area (Å²) in [4.78, 5) is 4.49. The summed E-state index contributed by atoms with van der Waals surface area (Å²) in [6.45, 7) is 8.21. The van der Waals surface area contributed by atoms with Gasteiger partial charge in [0.25, 0.3) is 0 Å². The maximum Gasteiger partial charge on any atom is 0.191 e. The summed E-state index contributed by atoms with van der Waals surface area (Å²) in [6.07, 6.45) is 3.40. The first-order valence-corrected chi connectivity index (χ1v) is 9.55. The topological polar surface area (TPSA) is 79.0 Å². The average molecular weight is 373 g/mol. The van der Waals surface area contributed by atoms with Crippen LogP contribution in [-0.2, 0) is 12.0 Å². The number of nitrogens with one attached hydrogen (secondary N) is 2. The van der Waals surface area contributed by atoms with E-state index in [1.165, 1.54) is 5.56 Å². The molecule has 0 saturated carbocycles. The van der Waals surface area contributed by atoms with Crippen molar-refractivity contribution in [3.63, 3.8) is 0 Å². The van der Waals surface area contributed by atoms with E-state index in [2.05, 4.69) is 34.7 Å². The zero-order valence-electron chi connectivity index (χ0n) is 16.5. The van der Waals surface area contributed by atoms with Gasteiger partial charge in [0.15, 0.2) is 5.96 Å². The quantitative estimate of drug-likeness (QED) is 0.441. The number of hydrogen-bond donors (Lipinski definition) is 3. The second-order valence-electron chi connectivity index (χ2n) is 6.62. The molecule has 1 aromatic carbocycles. The first-order valence-electron chi connectivity index (χ1n) is 9.55. The summed E-state index contributed by atoms with van der Waals surface area (Å²) in [6, 6.07) is 11.7. The van der Waals surface area contributed by atoms with Crippen molar-refractivity contribution in [1.82, 2.24) is 10.6 Å². The van der Waals surface area contributed by atoms with Crippen molar-refractivity contribution >= 4 is 5.96 Å². The number of hydrogen-bond acceptors (Lipinski definition) is 4. The lowest BCUT2D eigenvalue weighted by Crippen LogP contribution is -2.39. The predicted octanol–water partition coefficient (Wildman–Crippen LogP) is 3.07. The van der Waals surface area contributed by atoms with Gasteiger partial charge in [-0.25, -0.2) is 4.99 Å². The van der Waals surface area contributed by atoms with Crippen LogP contribution in [0.2, 0.25) is 0 Å². The van der Waals surface area contributed by atoms with Gasteiger partial charge in [-0.05, 0) is 56.5 Å². The molecule has 27 heavy (non-hydrogen) atoms. The van der Waals surface area contributed by atoms with E-state index in [1.807, 2.05) is 19.1 Å². The Balaban J connectivity index is 1.88. The van der Waals surface area contributed by atoms with Gasteiger partial charge >= 0.3 is 0 Å². The van der Waals surface area contributed by atoms with Crippen LogP contribution in [0.3, 0.4) is 0 Å². The third kappa shape index (κ3) is 6.98. The fourth-order valence-electron chi connectivity index (χ4n) is 2.57. The molecular weight excluding hydrogens is 342 g/mol. The number of guanidine groups is 1. The van der Waals surface area contributed by atoms with Crippen LogP contribution in [0.25, 0.3) is 0 Å². The van der Waals surface area contributed by atoms with Crippen LogP contribution in [0.4, 0.5) is 0 Å². The van der Waals surface area contributed by atoms with Gasteiger partial charge in [0, 0.05) is 13.1 Å². The van der Waals surface area contributed by atoms with Gasteiger partial charge in [0.1, 0.15) is 17.1 Å². The minimum absolute atomic E-state index is 0.205. The highest BCUT2D eigenvalue weighted by Gasteiger charge is 2.26. The molecule has 0 spiro atoms. The van der Waals surface area contributed by atoms with Crippen LogP contribution in [0.1, 0.15) is 38.5 Å². The summed E-state index contributed by atoms with van der Waals surface area (Å²) in [7, 11) is 0. The lowest BCUT2D eigenvalue weighted by molar-refractivity contribution is 0.0437. The van der Waals surface area contributed by atoms with Gasteiger partial charge in [-0.1, -0.05) is 19.1 Å². The van der Waals surface area contributed by atoms with E-state index in [4.69, 9.17) is 9.15 Å². The fourth-order valence-corrected chi connectivity index (χ4v) is 2.57. The summed E-state index contributed by atoms with van der Waals surface area (Å²) < 4.78 is 11.0. The van der Waals surface area contributed by atoms with Gasteiger partial charge in [0.2, 0.25) is 0 Å². The smallest absolute Gasteiger partial charge is 0.191 e.